The lowest BCUT2D eigenvalue weighted by atomic mass is 10.3. The lowest BCUT2D eigenvalue weighted by Gasteiger charge is -2.01. The monoisotopic (exact) mass is 238 g/mol. The van der Waals surface area contributed by atoms with Gasteiger partial charge in [-0.15, -0.1) is 6.58 Å². The predicted molar refractivity (Wildman–Crippen MR) is 62.5 cm³/mol. The Morgan fingerprint density at radius 1 is 1.50 bits per heavy atom. The van der Waals surface area contributed by atoms with Gasteiger partial charge in [-0.2, -0.15) is 0 Å². The van der Waals surface area contributed by atoms with Crippen molar-refractivity contribution < 1.29 is 9.72 Å². The molecule has 0 atom stereocenters. The number of amides is 1. The molecule has 1 aromatic carbocycles. The Kier molecular flexibility index (Phi) is 4.53. The van der Waals surface area contributed by atoms with E-state index >= 15 is 0 Å². The molecule has 0 unspecified atom stereocenters. The molecule has 0 fully saturated rings. The fraction of sp³-hybridized carbons (Fsp3) is 0.100. The second-order valence-corrected chi connectivity index (χ2v) is 3.86. The van der Waals surface area contributed by atoms with Crippen LogP contribution in [-0.2, 0) is 0 Å². The number of carbonyl (C=O) groups is 1. The number of hydrogen-bond acceptors (Lipinski definition) is 4. The highest BCUT2D eigenvalue weighted by Crippen LogP contribution is 2.21. The van der Waals surface area contributed by atoms with Crippen LogP contribution in [0.15, 0.2) is 41.8 Å². The Hall–Kier alpha value is -1.82. The number of nitrogens with one attached hydrogen (secondary N) is 1. The highest BCUT2D eigenvalue weighted by atomic mass is 32.2. The smallest absolute Gasteiger partial charge is 0.284 e. The van der Waals surface area contributed by atoms with E-state index in [9.17, 15) is 14.9 Å². The summed E-state index contributed by atoms with van der Waals surface area (Å²) >= 11 is 0.984. The second-order valence-electron chi connectivity index (χ2n) is 2.81. The van der Waals surface area contributed by atoms with E-state index in [4.69, 9.17) is 0 Å². The van der Waals surface area contributed by atoms with E-state index in [2.05, 4.69) is 11.9 Å². The van der Waals surface area contributed by atoms with Crippen molar-refractivity contribution in [1.29, 1.82) is 0 Å². The van der Waals surface area contributed by atoms with Gasteiger partial charge in [0.15, 0.2) is 0 Å². The zero-order chi connectivity index (χ0) is 12.0. The zero-order valence-electron chi connectivity index (χ0n) is 8.38. The minimum Gasteiger partial charge on any atom is -0.343 e. The third kappa shape index (κ3) is 3.74. The van der Waals surface area contributed by atoms with Crippen molar-refractivity contribution in [3.8, 4) is 0 Å². The molecule has 1 amide bonds. The van der Waals surface area contributed by atoms with Gasteiger partial charge in [-0.25, -0.2) is 0 Å². The number of hydrogen-bond donors (Lipinski definition) is 1. The SMILES string of the molecule is C=CCNC(=O)Sc1ccc([N+](=O)[O-])cc1. The van der Waals surface area contributed by atoms with Crippen LogP contribution in [0.5, 0.6) is 0 Å². The molecule has 1 rings (SSSR count). The number of rotatable bonds is 4. The molecule has 84 valence electrons. The maximum Gasteiger partial charge on any atom is 0.284 e. The first-order valence-electron chi connectivity index (χ1n) is 4.44. The molecule has 0 aliphatic carbocycles. The van der Waals surface area contributed by atoms with Gasteiger partial charge in [0, 0.05) is 23.6 Å². The first-order valence-corrected chi connectivity index (χ1v) is 5.26. The summed E-state index contributed by atoms with van der Waals surface area (Å²) in [5.74, 6) is 0. The Morgan fingerprint density at radius 3 is 2.62 bits per heavy atom. The zero-order valence-corrected chi connectivity index (χ0v) is 9.20. The lowest BCUT2D eigenvalue weighted by molar-refractivity contribution is -0.384. The predicted octanol–water partition coefficient (Wildman–Crippen LogP) is 2.58. The van der Waals surface area contributed by atoms with E-state index in [1.807, 2.05) is 0 Å². The lowest BCUT2D eigenvalue weighted by Crippen LogP contribution is -2.17. The fourth-order valence-corrected chi connectivity index (χ4v) is 1.58. The van der Waals surface area contributed by atoms with Crippen LogP contribution in [0, 0.1) is 10.1 Å². The molecular weight excluding hydrogens is 228 g/mol. The third-order valence-electron chi connectivity index (χ3n) is 1.65. The molecule has 0 bridgehead atoms. The molecule has 0 spiro atoms. The van der Waals surface area contributed by atoms with Crippen molar-refractivity contribution in [2.45, 2.75) is 4.90 Å². The number of benzene rings is 1. The largest absolute Gasteiger partial charge is 0.343 e. The van der Waals surface area contributed by atoms with Gasteiger partial charge in [0.25, 0.3) is 10.9 Å². The quantitative estimate of drug-likeness (QED) is 0.378. The van der Waals surface area contributed by atoms with Gasteiger partial charge in [-0.1, -0.05) is 6.08 Å². The van der Waals surface area contributed by atoms with Gasteiger partial charge in [-0.05, 0) is 23.9 Å². The Labute approximate surface area is 96.7 Å². The number of carbonyl (C=O) groups excluding carboxylic acids is 1. The van der Waals surface area contributed by atoms with Crippen LogP contribution >= 0.6 is 11.8 Å². The van der Waals surface area contributed by atoms with E-state index in [0.717, 1.165) is 11.8 Å². The summed E-state index contributed by atoms with van der Waals surface area (Å²) in [7, 11) is 0. The van der Waals surface area contributed by atoms with Gasteiger partial charge >= 0.3 is 0 Å². The molecule has 0 aromatic heterocycles. The average Bonchev–Trinajstić information content (AvgIpc) is 2.27. The van der Waals surface area contributed by atoms with Gasteiger partial charge in [0.1, 0.15) is 0 Å². The molecule has 5 nitrogen and oxygen atoms in total. The number of nitrogens with zero attached hydrogens (tertiary/aromatic N) is 1. The van der Waals surface area contributed by atoms with E-state index < -0.39 is 4.92 Å². The number of nitro benzene ring substituents is 1. The molecule has 0 saturated carbocycles. The maximum atomic E-state index is 11.3. The molecule has 16 heavy (non-hydrogen) atoms. The molecule has 0 aliphatic heterocycles. The molecular formula is C10H10N2O3S. The van der Waals surface area contributed by atoms with Crippen LogP contribution in [0.4, 0.5) is 10.5 Å². The summed E-state index contributed by atoms with van der Waals surface area (Å²) in [6.45, 7) is 3.87. The van der Waals surface area contributed by atoms with E-state index in [1.54, 1.807) is 6.08 Å². The summed E-state index contributed by atoms with van der Waals surface area (Å²) in [6.07, 6.45) is 1.58. The minimum absolute atomic E-state index is 0.0100. The fourth-order valence-electron chi connectivity index (χ4n) is 0.935. The standard InChI is InChI=1S/C10H10N2O3S/c1-2-7-11-10(13)16-9-5-3-8(4-6-9)12(14)15/h2-6H,1,7H2,(H,11,13). The molecule has 1 aromatic rings. The number of non-ortho nitro benzene ring substituents is 1. The van der Waals surface area contributed by atoms with Crippen LogP contribution in [0.25, 0.3) is 0 Å². The van der Waals surface area contributed by atoms with Crippen molar-refractivity contribution in [3.63, 3.8) is 0 Å². The summed E-state index contributed by atoms with van der Waals surface area (Å²) in [6, 6.07) is 5.80. The Morgan fingerprint density at radius 2 is 2.12 bits per heavy atom. The van der Waals surface area contributed by atoms with E-state index in [-0.39, 0.29) is 10.9 Å². The maximum absolute atomic E-state index is 11.3. The molecule has 0 heterocycles. The van der Waals surface area contributed by atoms with Crippen molar-refractivity contribution in [2.75, 3.05) is 6.54 Å². The summed E-state index contributed by atoms with van der Waals surface area (Å²) in [5.41, 5.74) is 0.0100. The number of nitro groups is 1. The Bertz CT molecular complexity index is 403. The van der Waals surface area contributed by atoms with Crippen molar-refractivity contribution >= 4 is 22.7 Å². The molecule has 6 heteroatoms. The Balaban J connectivity index is 2.58. The molecule has 0 aliphatic rings. The van der Waals surface area contributed by atoms with Crippen LogP contribution in [0.1, 0.15) is 0 Å². The van der Waals surface area contributed by atoms with Gasteiger partial charge in [0.05, 0.1) is 4.92 Å². The van der Waals surface area contributed by atoms with E-state index in [1.165, 1.54) is 24.3 Å². The summed E-state index contributed by atoms with van der Waals surface area (Å²) in [5, 5.41) is 12.8. The van der Waals surface area contributed by atoms with Crippen LogP contribution < -0.4 is 5.32 Å². The normalized spacial score (nSPS) is 9.50. The van der Waals surface area contributed by atoms with Crippen molar-refractivity contribution in [1.82, 2.24) is 5.32 Å². The van der Waals surface area contributed by atoms with Crippen molar-refractivity contribution in [2.24, 2.45) is 0 Å². The van der Waals surface area contributed by atoms with Gasteiger partial charge < -0.3 is 5.32 Å². The van der Waals surface area contributed by atoms with Crippen molar-refractivity contribution in [3.05, 3.63) is 47.0 Å². The van der Waals surface area contributed by atoms with E-state index in [0.29, 0.717) is 11.4 Å². The minimum atomic E-state index is -0.480. The third-order valence-corrected chi connectivity index (χ3v) is 2.49. The molecule has 0 radical (unpaired) electrons. The van der Waals surface area contributed by atoms with Crippen LogP contribution in [0.2, 0.25) is 0 Å². The first kappa shape index (κ1) is 12.3. The first-order chi connectivity index (χ1) is 7.63. The summed E-state index contributed by atoms with van der Waals surface area (Å²) < 4.78 is 0. The topological polar surface area (TPSA) is 72.2 Å². The average molecular weight is 238 g/mol. The number of thioether (sulfide) groups is 1. The van der Waals surface area contributed by atoms with Crippen LogP contribution in [-0.4, -0.2) is 16.7 Å². The second kappa shape index (κ2) is 5.92. The summed E-state index contributed by atoms with van der Waals surface area (Å²) in [4.78, 5) is 21.8. The van der Waals surface area contributed by atoms with Gasteiger partial charge in [0.2, 0.25) is 0 Å². The highest BCUT2D eigenvalue weighted by molar-refractivity contribution is 8.13. The molecule has 1 N–H and O–H groups in total. The van der Waals surface area contributed by atoms with Gasteiger partial charge in [-0.3, -0.25) is 14.9 Å². The highest BCUT2D eigenvalue weighted by Gasteiger charge is 2.06. The van der Waals surface area contributed by atoms with Crippen LogP contribution in [0.3, 0.4) is 0 Å². The molecule has 0 saturated heterocycles.